The van der Waals surface area contributed by atoms with E-state index in [4.69, 9.17) is 9.47 Å². The summed E-state index contributed by atoms with van der Waals surface area (Å²) in [7, 11) is 0. The molecule has 0 amide bonds. The van der Waals surface area contributed by atoms with E-state index in [-0.39, 0.29) is 29.7 Å². The van der Waals surface area contributed by atoms with Gasteiger partial charge in [0.2, 0.25) is 0 Å². The summed E-state index contributed by atoms with van der Waals surface area (Å²) < 4.78 is 11.1. The van der Waals surface area contributed by atoms with Gasteiger partial charge < -0.3 is 14.6 Å². The zero-order valence-electron chi connectivity index (χ0n) is 13.3. The average molecular weight is 306 g/mol. The van der Waals surface area contributed by atoms with Gasteiger partial charge in [0.25, 0.3) is 0 Å². The summed E-state index contributed by atoms with van der Waals surface area (Å²) in [5, 5.41) is 10.7. The van der Waals surface area contributed by atoms with Gasteiger partial charge in [-0.3, -0.25) is 9.59 Å². The maximum Gasteiger partial charge on any atom is 0.309 e. The first-order chi connectivity index (χ1) is 10.2. The molecule has 6 atom stereocenters. The van der Waals surface area contributed by atoms with Crippen LogP contribution in [0.5, 0.6) is 0 Å². The van der Waals surface area contributed by atoms with Crippen LogP contribution < -0.4 is 0 Å². The predicted octanol–water partition coefficient (Wildman–Crippen LogP) is 1.75. The maximum atomic E-state index is 12.1. The minimum absolute atomic E-state index is 0.236. The number of esters is 2. The number of carbonyl (C=O) groups is 2. The van der Waals surface area contributed by atoms with Crippen LogP contribution in [0.15, 0.2) is 23.3 Å². The van der Waals surface area contributed by atoms with Crippen LogP contribution in [0.2, 0.25) is 0 Å². The van der Waals surface area contributed by atoms with Gasteiger partial charge in [0, 0.05) is 19.3 Å². The van der Waals surface area contributed by atoms with Crippen molar-refractivity contribution in [2.24, 2.45) is 17.8 Å². The second-order valence-corrected chi connectivity index (χ2v) is 6.89. The zero-order chi connectivity index (χ0) is 16.2. The number of carbonyl (C=O) groups excluding carboxylic acids is 2. The van der Waals surface area contributed by atoms with E-state index in [2.05, 4.69) is 0 Å². The predicted molar refractivity (Wildman–Crippen MR) is 78.7 cm³/mol. The first-order valence-corrected chi connectivity index (χ1v) is 7.71. The standard InChI is InChI=1S/C17H22O5/c1-8-7-12(21-10(3)18)13-9(2)16(19)22-15(13)14-11(8)5-6-17(14,4)20/h5-6,9,12-15,20H,7H2,1-4H3/t9-,12-,13-,14-,15+,17+/m0/s1. The lowest BCUT2D eigenvalue weighted by Crippen LogP contribution is -2.44. The lowest BCUT2D eigenvalue weighted by atomic mass is 9.76. The fourth-order valence-electron chi connectivity index (χ4n) is 4.17. The van der Waals surface area contributed by atoms with E-state index in [9.17, 15) is 14.7 Å². The number of hydrogen-bond acceptors (Lipinski definition) is 5. The fourth-order valence-corrected chi connectivity index (χ4v) is 4.17. The van der Waals surface area contributed by atoms with E-state index in [1.165, 1.54) is 6.92 Å². The molecule has 1 aliphatic heterocycles. The van der Waals surface area contributed by atoms with Gasteiger partial charge in [0.15, 0.2) is 0 Å². The Morgan fingerprint density at radius 2 is 2.18 bits per heavy atom. The Kier molecular flexibility index (Phi) is 3.44. The highest BCUT2D eigenvalue weighted by atomic mass is 16.6. The summed E-state index contributed by atoms with van der Waals surface area (Å²) in [6, 6.07) is 0. The minimum Gasteiger partial charge on any atom is -0.462 e. The third-order valence-corrected chi connectivity index (χ3v) is 5.22. The summed E-state index contributed by atoms with van der Waals surface area (Å²) in [4.78, 5) is 23.5. The Bertz CT molecular complexity index is 586. The van der Waals surface area contributed by atoms with Gasteiger partial charge in [0.1, 0.15) is 12.2 Å². The number of aliphatic hydroxyl groups is 1. The van der Waals surface area contributed by atoms with Crippen LogP contribution in [0.4, 0.5) is 0 Å². The SMILES string of the molecule is CC(=O)O[C@H]1CC(C)=C2C=C[C@@](C)(O)[C@@H]2[C@@H]2OC(=O)[C@@H](C)[C@H]21. The summed E-state index contributed by atoms with van der Waals surface area (Å²) >= 11 is 0. The van der Waals surface area contributed by atoms with Crippen LogP contribution in [-0.2, 0) is 19.1 Å². The molecule has 5 heteroatoms. The molecular weight excluding hydrogens is 284 g/mol. The summed E-state index contributed by atoms with van der Waals surface area (Å²) in [6.07, 6.45) is 3.37. The maximum absolute atomic E-state index is 12.1. The molecule has 22 heavy (non-hydrogen) atoms. The number of rotatable bonds is 1. The normalized spacial score (nSPS) is 43.5. The second-order valence-electron chi connectivity index (χ2n) is 6.89. The monoisotopic (exact) mass is 306 g/mol. The largest absolute Gasteiger partial charge is 0.462 e. The van der Waals surface area contributed by atoms with E-state index in [0.717, 1.165) is 11.1 Å². The molecule has 5 nitrogen and oxygen atoms in total. The lowest BCUT2D eigenvalue weighted by molar-refractivity contribution is -0.151. The lowest BCUT2D eigenvalue weighted by Gasteiger charge is -2.34. The van der Waals surface area contributed by atoms with Crippen LogP contribution in [0, 0.1) is 17.8 Å². The van der Waals surface area contributed by atoms with Crippen molar-refractivity contribution in [3.05, 3.63) is 23.3 Å². The molecule has 3 aliphatic rings. The first kappa shape index (κ1) is 15.3. The second kappa shape index (κ2) is 4.95. The van der Waals surface area contributed by atoms with Gasteiger partial charge in [-0.1, -0.05) is 24.6 Å². The quantitative estimate of drug-likeness (QED) is 0.747. The highest BCUT2D eigenvalue weighted by Gasteiger charge is 2.57. The Morgan fingerprint density at radius 3 is 2.82 bits per heavy atom. The van der Waals surface area contributed by atoms with Gasteiger partial charge in [-0.05, 0) is 19.4 Å². The van der Waals surface area contributed by atoms with Crippen LogP contribution >= 0.6 is 0 Å². The van der Waals surface area contributed by atoms with Gasteiger partial charge in [-0.15, -0.1) is 0 Å². The van der Waals surface area contributed by atoms with Crippen molar-refractivity contribution < 1.29 is 24.2 Å². The molecule has 2 aliphatic carbocycles. The Hall–Kier alpha value is -1.62. The molecule has 0 aromatic rings. The molecule has 1 saturated heterocycles. The summed E-state index contributed by atoms with van der Waals surface area (Å²) in [5.41, 5.74) is 1.01. The van der Waals surface area contributed by atoms with Crippen molar-refractivity contribution in [3.63, 3.8) is 0 Å². The van der Waals surface area contributed by atoms with Gasteiger partial charge in [0.05, 0.1) is 17.4 Å². The molecule has 0 saturated carbocycles. The molecule has 1 heterocycles. The third-order valence-electron chi connectivity index (χ3n) is 5.22. The van der Waals surface area contributed by atoms with Crippen molar-refractivity contribution in [1.29, 1.82) is 0 Å². The third kappa shape index (κ3) is 2.19. The van der Waals surface area contributed by atoms with Crippen molar-refractivity contribution >= 4 is 11.9 Å². The van der Waals surface area contributed by atoms with Crippen LogP contribution in [-0.4, -0.2) is 34.9 Å². The van der Waals surface area contributed by atoms with Crippen molar-refractivity contribution in [3.8, 4) is 0 Å². The molecule has 0 aromatic heterocycles. The molecule has 120 valence electrons. The van der Waals surface area contributed by atoms with E-state index in [1.807, 2.05) is 13.0 Å². The fraction of sp³-hybridized carbons (Fsp3) is 0.647. The van der Waals surface area contributed by atoms with Gasteiger partial charge in [-0.25, -0.2) is 0 Å². The number of ether oxygens (including phenoxy) is 2. The summed E-state index contributed by atoms with van der Waals surface area (Å²) in [5.74, 6) is -1.53. The highest BCUT2D eigenvalue weighted by molar-refractivity contribution is 5.75. The molecule has 0 unspecified atom stereocenters. The molecule has 0 bridgehead atoms. The topological polar surface area (TPSA) is 72.8 Å². The molecule has 0 spiro atoms. The number of fused-ring (bicyclic) bond motifs is 3. The number of allylic oxidation sites excluding steroid dienone is 1. The smallest absolute Gasteiger partial charge is 0.309 e. The molecule has 0 radical (unpaired) electrons. The molecule has 0 aromatic carbocycles. The minimum atomic E-state index is -1.06. The Morgan fingerprint density at radius 1 is 1.50 bits per heavy atom. The van der Waals surface area contributed by atoms with E-state index < -0.39 is 17.8 Å². The molecule has 1 N–H and O–H groups in total. The van der Waals surface area contributed by atoms with E-state index in [1.54, 1.807) is 19.9 Å². The highest BCUT2D eigenvalue weighted by Crippen LogP contribution is 2.50. The average Bonchev–Trinajstić information content (AvgIpc) is 2.81. The Labute approximate surface area is 130 Å². The van der Waals surface area contributed by atoms with Crippen molar-refractivity contribution in [1.82, 2.24) is 0 Å². The zero-order valence-corrected chi connectivity index (χ0v) is 13.3. The number of hydrogen-bond donors (Lipinski definition) is 1. The van der Waals surface area contributed by atoms with Crippen LogP contribution in [0.3, 0.4) is 0 Å². The summed E-state index contributed by atoms with van der Waals surface area (Å²) in [6.45, 7) is 6.90. The molecule has 3 rings (SSSR count). The molecule has 1 fully saturated rings. The van der Waals surface area contributed by atoms with Gasteiger partial charge >= 0.3 is 11.9 Å². The van der Waals surface area contributed by atoms with Crippen molar-refractivity contribution in [2.45, 2.75) is 51.9 Å². The van der Waals surface area contributed by atoms with Crippen molar-refractivity contribution in [2.75, 3.05) is 0 Å². The van der Waals surface area contributed by atoms with E-state index in [0.29, 0.717) is 6.42 Å². The first-order valence-electron chi connectivity index (χ1n) is 7.71. The van der Waals surface area contributed by atoms with E-state index >= 15 is 0 Å². The molecular formula is C17H22O5. The van der Waals surface area contributed by atoms with Crippen LogP contribution in [0.1, 0.15) is 34.1 Å². The van der Waals surface area contributed by atoms with Crippen LogP contribution in [0.25, 0.3) is 0 Å². The van der Waals surface area contributed by atoms with Gasteiger partial charge in [-0.2, -0.15) is 0 Å². The Balaban J connectivity index is 2.07.